The van der Waals surface area contributed by atoms with Gasteiger partial charge < -0.3 is 20.5 Å². The number of carbonyl (C=O) groups is 1. The van der Waals surface area contributed by atoms with E-state index in [4.69, 9.17) is 15.6 Å². The molecule has 0 aromatic carbocycles. The topological polar surface area (TPSA) is 75.8 Å². The standard InChI is InChI=1S/C10H18N2O3/c11-9-6-15-5-8(9)10(14)12-2-1-7(3-12)4-13/h7-9,13H,1-6,11H2. The zero-order valence-electron chi connectivity index (χ0n) is 8.76. The molecule has 15 heavy (non-hydrogen) atoms. The van der Waals surface area contributed by atoms with Gasteiger partial charge in [-0.05, 0) is 6.42 Å². The van der Waals surface area contributed by atoms with Crippen LogP contribution >= 0.6 is 0 Å². The van der Waals surface area contributed by atoms with Crippen molar-refractivity contribution in [2.75, 3.05) is 32.9 Å². The van der Waals surface area contributed by atoms with Crippen LogP contribution in [0.25, 0.3) is 0 Å². The van der Waals surface area contributed by atoms with Crippen LogP contribution in [0.4, 0.5) is 0 Å². The van der Waals surface area contributed by atoms with Gasteiger partial charge in [0.15, 0.2) is 0 Å². The van der Waals surface area contributed by atoms with Crippen LogP contribution in [-0.2, 0) is 9.53 Å². The Morgan fingerprint density at radius 2 is 2.33 bits per heavy atom. The van der Waals surface area contributed by atoms with E-state index in [1.54, 1.807) is 4.90 Å². The summed E-state index contributed by atoms with van der Waals surface area (Å²) in [6.07, 6.45) is 0.894. The average Bonchev–Trinajstić information content (AvgIpc) is 2.84. The van der Waals surface area contributed by atoms with E-state index in [0.717, 1.165) is 13.0 Å². The fourth-order valence-corrected chi connectivity index (χ4v) is 2.24. The van der Waals surface area contributed by atoms with Gasteiger partial charge in [0.05, 0.1) is 19.1 Å². The summed E-state index contributed by atoms with van der Waals surface area (Å²) in [6.45, 7) is 2.50. The van der Waals surface area contributed by atoms with Gasteiger partial charge in [0, 0.05) is 31.7 Å². The van der Waals surface area contributed by atoms with E-state index < -0.39 is 0 Å². The van der Waals surface area contributed by atoms with E-state index in [2.05, 4.69) is 0 Å². The number of hydrogen-bond donors (Lipinski definition) is 2. The number of carbonyl (C=O) groups excluding carboxylic acids is 1. The van der Waals surface area contributed by atoms with Gasteiger partial charge in [0.1, 0.15) is 0 Å². The van der Waals surface area contributed by atoms with Gasteiger partial charge in [-0.15, -0.1) is 0 Å². The van der Waals surface area contributed by atoms with E-state index >= 15 is 0 Å². The number of hydrogen-bond acceptors (Lipinski definition) is 4. The number of aliphatic hydroxyl groups is 1. The second-order valence-electron chi connectivity index (χ2n) is 4.43. The van der Waals surface area contributed by atoms with Crippen molar-refractivity contribution in [3.05, 3.63) is 0 Å². The molecule has 5 heteroatoms. The summed E-state index contributed by atoms with van der Waals surface area (Å²) >= 11 is 0. The first-order valence-corrected chi connectivity index (χ1v) is 5.45. The number of aliphatic hydroxyl groups excluding tert-OH is 1. The summed E-state index contributed by atoms with van der Waals surface area (Å²) in [4.78, 5) is 13.8. The fourth-order valence-electron chi connectivity index (χ4n) is 2.24. The molecule has 2 rings (SSSR count). The lowest BCUT2D eigenvalue weighted by Gasteiger charge is -2.21. The Bertz CT molecular complexity index is 247. The van der Waals surface area contributed by atoms with Gasteiger partial charge in [-0.1, -0.05) is 0 Å². The van der Waals surface area contributed by atoms with Crippen molar-refractivity contribution in [3.8, 4) is 0 Å². The highest BCUT2D eigenvalue weighted by Crippen LogP contribution is 2.21. The Balaban J connectivity index is 1.91. The highest BCUT2D eigenvalue weighted by molar-refractivity contribution is 5.80. The Hall–Kier alpha value is -0.650. The minimum atomic E-state index is -0.178. The smallest absolute Gasteiger partial charge is 0.229 e. The Kier molecular flexibility index (Phi) is 3.23. The molecular formula is C10H18N2O3. The number of likely N-dealkylation sites (tertiary alicyclic amines) is 1. The van der Waals surface area contributed by atoms with E-state index in [0.29, 0.717) is 19.8 Å². The predicted octanol–water partition coefficient (Wildman–Crippen LogP) is -1.20. The van der Waals surface area contributed by atoms with E-state index in [1.165, 1.54) is 0 Å². The predicted molar refractivity (Wildman–Crippen MR) is 54.1 cm³/mol. The normalized spacial score (nSPS) is 36.1. The minimum Gasteiger partial charge on any atom is -0.396 e. The molecular weight excluding hydrogens is 196 g/mol. The molecule has 3 N–H and O–H groups in total. The molecule has 0 aromatic rings. The molecule has 0 saturated carbocycles. The van der Waals surface area contributed by atoms with E-state index in [-0.39, 0.29) is 30.4 Å². The molecule has 2 aliphatic heterocycles. The van der Waals surface area contributed by atoms with Gasteiger partial charge in [-0.25, -0.2) is 0 Å². The molecule has 1 amide bonds. The lowest BCUT2D eigenvalue weighted by atomic mass is 10.0. The zero-order chi connectivity index (χ0) is 10.8. The van der Waals surface area contributed by atoms with Crippen LogP contribution in [0.15, 0.2) is 0 Å². The molecule has 0 bridgehead atoms. The maximum atomic E-state index is 12.0. The molecule has 2 heterocycles. The summed E-state index contributed by atoms with van der Waals surface area (Å²) in [5, 5.41) is 9.00. The van der Waals surface area contributed by atoms with E-state index in [9.17, 15) is 4.79 Å². The largest absolute Gasteiger partial charge is 0.396 e. The van der Waals surface area contributed by atoms with Crippen LogP contribution in [0.2, 0.25) is 0 Å². The maximum absolute atomic E-state index is 12.0. The van der Waals surface area contributed by atoms with Crippen molar-refractivity contribution in [2.45, 2.75) is 12.5 Å². The molecule has 5 nitrogen and oxygen atoms in total. The van der Waals surface area contributed by atoms with Crippen molar-refractivity contribution in [1.29, 1.82) is 0 Å². The Morgan fingerprint density at radius 3 is 2.87 bits per heavy atom. The lowest BCUT2D eigenvalue weighted by molar-refractivity contribution is -0.134. The number of ether oxygens (including phenoxy) is 1. The zero-order valence-corrected chi connectivity index (χ0v) is 8.76. The highest BCUT2D eigenvalue weighted by atomic mass is 16.5. The maximum Gasteiger partial charge on any atom is 0.229 e. The lowest BCUT2D eigenvalue weighted by Crippen LogP contribution is -2.42. The summed E-state index contributed by atoms with van der Waals surface area (Å²) in [5.74, 6) is 0.158. The van der Waals surface area contributed by atoms with Gasteiger partial charge in [0.25, 0.3) is 0 Å². The van der Waals surface area contributed by atoms with Crippen LogP contribution in [0.5, 0.6) is 0 Å². The Morgan fingerprint density at radius 1 is 1.53 bits per heavy atom. The highest BCUT2D eigenvalue weighted by Gasteiger charge is 2.36. The van der Waals surface area contributed by atoms with Gasteiger partial charge in [-0.2, -0.15) is 0 Å². The molecule has 86 valence electrons. The second-order valence-corrected chi connectivity index (χ2v) is 4.43. The third-order valence-corrected chi connectivity index (χ3v) is 3.30. The molecule has 0 radical (unpaired) electrons. The molecule has 3 atom stereocenters. The average molecular weight is 214 g/mol. The molecule has 0 aliphatic carbocycles. The molecule has 2 fully saturated rings. The van der Waals surface area contributed by atoms with Crippen LogP contribution in [-0.4, -0.2) is 54.9 Å². The summed E-state index contributed by atoms with van der Waals surface area (Å²) < 4.78 is 5.18. The van der Waals surface area contributed by atoms with Crippen molar-refractivity contribution in [1.82, 2.24) is 4.90 Å². The van der Waals surface area contributed by atoms with Crippen LogP contribution in [0, 0.1) is 11.8 Å². The number of nitrogens with zero attached hydrogens (tertiary/aromatic N) is 1. The van der Waals surface area contributed by atoms with E-state index in [1.807, 2.05) is 0 Å². The SMILES string of the molecule is NC1COCC1C(=O)N1CCC(CO)C1. The van der Waals surface area contributed by atoms with Crippen molar-refractivity contribution < 1.29 is 14.6 Å². The number of amides is 1. The van der Waals surface area contributed by atoms with Crippen molar-refractivity contribution in [3.63, 3.8) is 0 Å². The monoisotopic (exact) mass is 214 g/mol. The Labute approximate surface area is 89.2 Å². The summed E-state index contributed by atoms with van der Waals surface area (Å²) in [5.41, 5.74) is 5.79. The molecule has 3 unspecified atom stereocenters. The van der Waals surface area contributed by atoms with Crippen LogP contribution < -0.4 is 5.73 Å². The quantitative estimate of drug-likeness (QED) is 0.605. The fraction of sp³-hybridized carbons (Fsp3) is 0.900. The first-order valence-electron chi connectivity index (χ1n) is 5.45. The van der Waals surface area contributed by atoms with Crippen molar-refractivity contribution in [2.24, 2.45) is 17.6 Å². The van der Waals surface area contributed by atoms with Gasteiger partial charge >= 0.3 is 0 Å². The number of nitrogens with two attached hydrogens (primary N) is 1. The van der Waals surface area contributed by atoms with Gasteiger partial charge in [-0.3, -0.25) is 4.79 Å². The van der Waals surface area contributed by atoms with Crippen LogP contribution in [0.3, 0.4) is 0 Å². The molecule has 0 spiro atoms. The molecule has 2 aliphatic rings. The van der Waals surface area contributed by atoms with Crippen molar-refractivity contribution >= 4 is 5.91 Å². The first kappa shape index (κ1) is 10.9. The third-order valence-electron chi connectivity index (χ3n) is 3.30. The summed E-state index contributed by atoms with van der Waals surface area (Å²) in [6, 6.07) is -0.161. The number of rotatable bonds is 2. The molecule has 0 aromatic heterocycles. The first-order chi connectivity index (χ1) is 7.22. The van der Waals surface area contributed by atoms with Crippen LogP contribution in [0.1, 0.15) is 6.42 Å². The minimum absolute atomic E-state index is 0.0935. The second kappa shape index (κ2) is 4.47. The van der Waals surface area contributed by atoms with Gasteiger partial charge in [0.2, 0.25) is 5.91 Å². The molecule has 2 saturated heterocycles. The third kappa shape index (κ3) is 2.14. The summed E-state index contributed by atoms with van der Waals surface area (Å²) in [7, 11) is 0.